The van der Waals surface area contributed by atoms with Gasteiger partial charge in [-0.05, 0) is 60.0 Å². The molecular weight excluding hydrogens is 332 g/mol. The van der Waals surface area contributed by atoms with Crippen molar-refractivity contribution in [2.45, 2.75) is 25.8 Å². The maximum absolute atomic E-state index is 12.7. The number of carbonyl (C=O) groups is 1. The summed E-state index contributed by atoms with van der Waals surface area (Å²) in [6, 6.07) is 8.94. The third-order valence-electron chi connectivity index (χ3n) is 5.50. The molecule has 2 aromatic rings. The highest BCUT2D eigenvalue weighted by Gasteiger charge is 2.32. The standard InChI is InChI=1S/C20H24N2O2S/c1-14-7-12-25-19(14)20(23)22-10-8-21(9-11-22)18-6-4-15-3-5-16(24-2)13-17(15)18/h3,5,7,12-13,18H,4,6,8-11H2,1-2H3. The quantitative estimate of drug-likeness (QED) is 0.844. The van der Waals surface area contributed by atoms with Gasteiger partial charge in [0, 0.05) is 32.2 Å². The van der Waals surface area contributed by atoms with E-state index in [0.717, 1.165) is 48.8 Å². The molecule has 1 aliphatic heterocycles. The van der Waals surface area contributed by atoms with Crippen LogP contribution in [-0.2, 0) is 6.42 Å². The van der Waals surface area contributed by atoms with E-state index in [4.69, 9.17) is 4.74 Å². The number of fused-ring (bicyclic) bond motifs is 1. The number of rotatable bonds is 3. The molecule has 1 aromatic heterocycles. The van der Waals surface area contributed by atoms with Crippen molar-refractivity contribution in [3.05, 3.63) is 51.2 Å². The average molecular weight is 356 g/mol. The summed E-state index contributed by atoms with van der Waals surface area (Å²) >= 11 is 1.55. The van der Waals surface area contributed by atoms with Gasteiger partial charge in [0.25, 0.3) is 5.91 Å². The zero-order valence-electron chi connectivity index (χ0n) is 14.8. The van der Waals surface area contributed by atoms with E-state index in [1.165, 1.54) is 17.5 Å². The maximum atomic E-state index is 12.7. The van der Waals surface area contributed by atoms with Crippen LogP contribution in [0.3, 0.4) is 0 Å². The monoisotopic (exact) mass is 356 g/mol. The molecule has 1 fully saturated rings. The van der Waals surface area contributed by atoms with Gasteiger partial charge in [-0.1, -0.05) is 6.07 Å². The van der Waals surface area contributed by atoms with Crippen LogP contribution in [0.1, 0.15) is 38.8 Å². The molecule has 0 N–H and O–H groups in total. The smallest absolute Gasteiger partial charge is 0.264 e. The number of nitrogens with zero attached hydrogens (tertiary/aromatic N) is 2. The molecule has 5 heteroatoms. The van der Waals surface area contributed by atoms with Crippen LogP contribution in [0.5, 0.6) is 5.75 Å². The Labute approximate surface area is 153 Å². The lowest BCUT2D eigenvalue weighted by Gasteiger charge is -2.38. The van der Waals surface area contributed by atoms with Crippen LogP contribution in [0, 0.1) is 6.92 Å². The number of benzene rings is 1. The number of methoxy groups -OCH3 is 1. The van der Waals surface area contributed by atoms with Crippen molar-refractivity contribution in [2.75, 3.05) is 33.3 Å². The molecule has 2 aliphatic rings. The van der Waals surface area contributed by atoms with Crippen molar-refractivity contribution in [2.24, 2.45) is 0 Å². The molecule has 1 aromatic carbocycles. The first-order valence-electron chi connectivity index (χ1n) is 8.91. The number of piperazine rings is 1. The van der Waals surface area contributed by atoms with Crippen molar-refractivity contribution in [1.82, 2.24) is 9.80 Å². The summed E-state index contributed by atoms with van der Waals surface area (Å²) in [6.07, 6.45) is 2.30. The topological polar surface area (TPSA) is 32.8 Å². The molecule has 1 unspecified atom stereocenters. The van der Waals surface area contributed by atoms with Crippen molar-refractivity contribution in [3.8, 4) is 5.75 Å². The van der Waals surface area contributed by atoms with Crippen molar-refractivity contribution >= 4 is 17.2 Å². The number of amides is 1. The fourth-order valence-electron chi connectivity index (χ4n) is 4.04. The fraction of sp³-hybridized carbons (Fsp3) is 0.450. The first-order valence-corrected chi connectivity index (χ1v) is 9.79. The van der Waals surface area contributed by atoms with Gasteiger partial charge in [0.05, 0.1) is 12.0 Å². The van der Waals surface area contributed by atoms with Crippen LogP contribution in [-0.4, -0.2) is 49.0 Å². The Morgan fingerprint density at radius 3 is 2.68 bits per heavy atom. The number of carbonyl (C=O) groups excluding carboxylic acids is 1. The van der Waals surface area contributed by atoms with Crippen LogP contribution in [0.4, 0.5) is 0 Å². The fourth-order valence-corrected chi connectivity index (χ4v) is 4.93. The summed E-state index contributed by atoms with van der Waals surface area (Å²) in [6.45, 7) is 5.52. The summed E-state index contributed by atoms with van der Waals surface area (Å²) in [4.78, 5) is 18.1. The third kappa shape index (κ3) is 3.07. The molecule has 2 heterocycles. The molecule has 4 nitrogen and oxygen atoms in total. The minimum Gasteiger partial charge on any atom is -0.497 e. The maximum Gasteiger partial charge on any atom is 0.264 e. The van der Waals surface area contributed by atoms with Gasteiger partial charge in [-0.3, -0.25) is 9.69 Å². The predicted octanol–water partition coefficient (Wildman–Crippen LogP) is 3.51. The Kier molecular flexibility index (Phi) is 4.52. The van der Waals surface area contributed by atoms with Gasteiger partial charge in [-0.15, -0.1) is 11.3 Å². The second-order valence-corrected chi connectivity index (χ2v) is 7.80. The molecule has 1 aliphatic carbocycles. The molecule has 0 bridgehead atoms. The number of hydrogen-bond acceptors (Lipinski definition) is 4. The molecular formula is C20H24N2O2S. The van der Waals surface area contributed by atoms with Crippen LogP contribution >= 0.6 is 11.3 Å². The van der Waals surface area contributed by atoms with E-state index < -0.39 is 0 Å². The van der Waals surface area contributed by atoms with E-state index in [1.807, 2.05) is 23.3 Å². The number of aryl methyl sites for hydroxylation is 2. The molecule has 0 saturated carbocycles. The summed E-state index contributed by atoms with van der Waals surface area (Å²) in [5.41, 5.74) is 3.95. The average Bonchev–Trinajstić information content (AvgIpc) is 3.26. The van der Waals surface area contributed by atoms with Crippen molar-refractivity contribution in [1.29, 1.82) is 0 Å². The number of ether oxygens (including phenoxy) is 1. The van der Waals surface area contributed by atoms with Crippen LogP contribution in [0.2, 0.25) is 0 Å². The molecule has 1 amide bonds. The Hall–Kier alpha value is -1.85. The molecule has 0 spiro atoms. The largest absolute Gasteiger partial charge is 0.497 e. The number of hydrogen-bond donors (Lipinski definition) is 0. The third-order valence-corrected chi connectivity index (χ3v) is 6.50. The highest BCUT2D eigenvalue weighted by Crippen LogP contribution is 2.38. The van der Waals surface area contributed by atoms with E-state index in [0.29, 0.717) is 6.04 Å². The Morgan fingerprint density at radius 1 is 1.20 bits per heavy atom. The van der Waals surface area contributed by atoms with Gasteiger partial charge in [-0.25, -0.2) is 0 Å². The molecule has 25 heavy (non-hydrogen) atoms. The minimum atomic E-state index is 0.195. The Morgan fingerprint density at radius 2 is 2.00 bits per heavy atom. The second-order valence-electron chi connectivity index (χ2n) is 6.88. The van der Waals surface area contributed by atoms with Gasteiger partial charge in [0.1, 0.15) is 5.75 Å². The zero-order chi connectivity index (χ0) is 17.4. The van der Waals surface area contributed by atoms with E-state index in [-0.39, 0.29) is 5.91 Å². The molecule has 1 atom stereocenters. The summed E-state index contributed by atoms with van der Waals surface area (Å²) in [7, 11) is 1.72. The Bertz CT molecular complexity index is 778. The molecule has 1 saturated heterocycles. The first kappa shape index (κ1) is 16.6. The first-order chi connectivity index (χ1) is 12.2. The lowest BCUT2D eigenvalue weighted by Crippen LogP contribution is -2.49. The van der Waals surface area contributed by atoms with Gasteiger partial charge in [0.2, 0.25) is 0 Å². The second kappa shape index (κ2) is 6.81. The van der Waals surface area contributed by atoms with Crippen molar-refractivity contribution in [3.63, 3.8) is 0 Å². The highest BCUT2D eigenvalue weighted by atomic mass is 32.1. The minimum absolute atomic E-state index is 0.195. The predicted molar refractivity (Wildman–Crippen MR) is 101 cm³/mol. The van der Waals surface area contributed by atoms with Gasteiger partial charge < -0.3 is 9.64 Å². The highest BCUT2D eigenvalue weighted by molar-refractivity contribution is 7.12. The normalized spacial score (nSPS) is 20.6. The van der Waals surface area contributed by atoms with Crippen LogP contribution in [0.25, 0.3) is 0 Å². The zero-order valence-corrected chi connectivity index (χ0v) is 15.6. The molecule has 132 valence electrons. The Balaban J connectivity index is 1.44. The van der Waals surface area contributed by atoms with Crippen LogP contribution < -0.4 is 4.74 Å². The lowest BCUT2D eigenvalue weighted by molar-refractivity contribution is 0.0572. The van der Waals surface area contributed by atoms with Gasteiger partial charge in [-0.2, -0.15) is 0 Å². The van der Waals surface area contributed by atoms with Gasteiger partial charge >= 0.3 is 0 Å². The van der Waals surface area contributed by atoms with E-state index >= 15 is 0 Å². The summed E-state index contributed by atoms with van der Waals surface area (Å²) < 4.78 is 5.41. The van der Waals surface area contributed by atoms with Crippen LogP contribution in [0.15, 0.2) is 29.6 Å². The molecule has 4 rings (SSSR count). The van der Waals surface area contributed by atoms with E-state index in [9.17, 15) is 4.79 Å². The number of thiophene rings is 1. The van der Waals surface area contributed by atoms with Gasteiger partial charge in [0.15, 0.2) is 0 Å². The SMILES string of the molecule is COc1ccc2c(c1)C(N1CCN(C(=O)c3sccc3C)CC1)CC2. The summed E-state index contributed by atoms with van der Waals surface area (Å²) in [5.74, 6) is 1.13. The molecule has 0 radical (unpaired) electrons. The summed E-state index contributed by atoms with van der Waals surface area (Å²) in [5, 5.41) is 2.00. The lowest BCUT2D eigenvalue weighted by atomic mass is 10.1. The van der Waals surface area contributed by atoms with Crippen molar-refractivity contribution < 1.29 is 9.53 Å². The van der Waals surface area contributed by atoms with E-state index in [2.05, 4.69) is 23.1 Å². The van der Waals surface area contributed by atoms with E-state index in [1.54, 1.807) is 18.4 Å².